The van der Waals surface area contributed by atoms with E-state index in [0.29, 0.717) is 5.56 Å². The Kier molecular flexibility index (Phi) is 6.29. The van der Waals surface area contributed by atoms with E-state index < -0.39 is 58.9 Å². The van der Waals surface area contributed by atoms with Gasteiger partial charge in [-0.15, -0.1) is 0 Å². The van der Waals surface area contributed by atoms with Crippen LogP contribution in [0.5, 0.6) is 23.1 Å². The molecule has 0 atom stereocenters. The Balaban J connectivity index is 1.94. The highest BCUT2D eigenvalue weighted by Gasteiger charge is 2.27. The van der Waals surface area contributed by atoms with E-state index in [9.17, 15) is 18.6 Å². The first-order valence-corrected chi connectivity index (χ1v) is 13.0. The van der Waals surface area contributed by atoms with Gasteiger partial charge in [0.05, 0.1) is 34.7 Å². The van der Waals surface area contributed by atoms with Crippen LogP contribution in [0.15, 0.2) is 71.9 Å². The normalized spacial score (nSPS) is 15.2. The van der Waals surface area contributed by atoms with Gasteiger partial charge in [-0.25, -0.2) is 23.4 Å². The maximum atomic E-state index is 13.7. The number of hydrogen-bond donors (Lipinski definition) is 3. The van der Waals surface area contributed by atoms with Gasteiger partial charge in [-0.05, 0) is 35.9 Å². The molecule has 0 aliphatic carbocycles. The third-order valence-corrected chi connectivity index (χ3v) is 6.89. The average molecular weight is 575 g/mol. The van der Waals surface area contributed by atoms with E-state index >= 15 is 0 Å². The number of aliphatic hydroxyl groups is 2. The predicted octanol–water partition coefficient (Wildman–Crippen LogP) is 3.18. The summed E-state index contributed by atoms with van der Waals surface area (Å²) in [4.78, 5) is 16.0. The third kappa shape index (κ3) is 6.45. The Morgan fingerprint density at radius 3 is 2.33 bits per heavy atom. The number of nitrogens with one attached hydrogen (secondary N) is 1. The molecular formula is C27H29N5O7S. The number of sulfonamides is 1. The zero-order chi connectivity index (χ0) is 34.8. The smallest absolute Gasteiger partial charge is 0.263 e. The fraction of sp³-hybridized carbons (Fsp3) is 0.259. The molecule has 0 radical (unpaired) electrons. The van der Waals surface area contributed by atoms with Crippen LogP contribution in [-0.4, -0.2) is 65.3 Å². The summed E-state index contributed by atoms with van der Waals surface area (Å²) in [5, 5.41) is 19.6. The van der Waals surface area contributed by atoms with E-state index in [2.05, 4.69) is 24.7 Å². The Bertz CT molecular complexity index is 1820. The van der Waals surface area contributed by atoms with E-state index in [-0.39, 0.29) is 28.8 Å². The molecule has 2 heterocycles. The van der Waals surface area contributed by atoms with E-state index in [1.54, 1.807) is 13.8 Å². The largest absolute Gasteiger partial charge is 0.493 e. The van der Waals surface area contributed by atoms with Crippen LogP contribution in [0.1, 0.15) is 29.0 Å². The molecule has 0 amide bonds. The van der Waals surface area contributed by atoms with Crippen molar-refractivity contribution >= 4 is 15.8 Å². The summed E-state index contributed by atoms with van der Waals surface area (Å²) in [5.41, 5.74) is -0.0447. The predicted molar refractivity (Wildman–Crippen MR) is 146 cm³/mol. The van der Waals surface area contributed by atoms with Crippen molar-refractivity contribution in [1.29, 1.82) is 0 Å². The molecule has 12 nitrogen and oxygen atoms in total. The van der Waals surface area contributed by atoms with Gasteiger partial charge in [-0.1, -0.05) is 38.1 Å². The summed E-state index contributed by atoms with van der Waals surface area (Å²) in [7, 11) is -7.49. The molecule has 0 bridgehead atoms. The van der Waals surface area contributed by atoms with Crippen LogP contribution >= 0.6 is 0 Å². The molecule has 0 saturated carbocycles. The lowest BCUT2D eigenvalue weighted by Crippen LogP contribution is -2.22. The number of rotatable bonds is 12. The fourth-order valence-electron chi connectivity index (χ4n) is 3.34. The van der Waals surface area contributed by atoms with E-state index in [1.807, 2.05) is 0 Å². The minimum atomic E-state index is -4.54. The summed E-state index contributed by atoms with van der Waals surface area (Å²) in [6, 6.07) is 12.3. The average Bonchev–Trinajstić information content (AvgIpc) is 2.98. The van der Waals surface area contributed by atoms with E-state index in [0.717, 1.165) is 0 Å². The van der Waals surface area contributed by atoms with Crippen molar-refractivity contribution < 1.29 is 42.4 Å². The Hall–Kier alpha value is -4.33. The first-order valence-electron chi connectivity index (χ1n) is 15.0. The lowest BCUT2D eigenvalue weighted by Gasteiger charge is -2.22. The number of anilines is 1. The van der Waals surface area contributed by atoms with E-state index in [4.69, 9.17) is 23.8 Å². The van der Waals surface area contributed by atoms with Gasteiger partial charge in [0.25, 0.3) is 15.9 Å². The number of hydrogen-bond acceptors (Lipinski definition) is 11. The van der Waals surface area contributed by atoms with Gasteiger partial charge >= 0.3 is 0 Å². The minimum Gasteiger partial charge on any atom is -0.493 e. The Morgan fingerprint density at radius 2 is 1.68 bits per heavy atom. The number of benzene rings is 2. The molecule has 4 aromatic rings. The maximum Gasteiger partial charge on any atom is 0.263 e. The second kappa shape index (κ2) is 12.2. The zero-order valence-electron chi connectivity index (χ0n) is 28.2. The van der Waals surface area contributed by atoms with Crippen LogP contribution in [-0.2, 0) is 15.4 Å². The molecule has 4 rings (SSSR count). The molecule has 2 aromatic heterocycles. The molecule has 0 spiro atoms. The lowest BCUT2D eigenvalue weighted by molar-refractivity contribution is 0.192. The first-order chi connectivity index (χ1) is 21.7. The Morgan fingerprint density at radius 1 is 0.975 bits per heavy atom. The van der Waals surface area contributed by atoms with Crippen molar-refractivity contribution in [1.82, 2.24) is 19.9 Å². The van der Waals surface area contributed by atoms with Crippen LogP contribution in [0.3, 0.4) is 0 Å². The van der Waals surface area contributed by atoms with Gasteiger partial charge in [0.2, 0.25) is 11.6 Å². The monoisotopic (exact) mass is 574 g/mol. The first kappa shape index (κ1) is 20.6. The van der Waals surface area contributed by atoms with Gasteiger partial charge in [-0.2, -0.15) is 4.98 Å². The molecule has 40 heavy (non-hydrogen) atoms. The molecule has 210 valence electrons. The molecule has 0 unspecified atom stereocenters. The highest BCUT2D eigenvalue weighted by Crippen LogP contribution is 2.41. The quantitative estimate of drug-likeness (QED) is 0.227. The second-order valence-corrected chi connectivity index (χ2v) is 10.4. The van der Waals surface area contributed by atoms with Crippen LogP contribution < -0.4 is 18.9 Å². The van der Waals surface area contributed by atoms with Gasteiger partial charge in [0, 0.05) is 17.8 Å². The number of methoxy groups -OCH3 is 1. The highest BCUT2D eigenvalue weighted by atomic mass is 32.2. The molecule has 0 fully saturated rings. The topological polar surface area (TPSA) is 166 Å². The molecule has 0 aliphatic heterocycles. The third-order valence-electron chi connectivity index (χ3n) is 5.54. The summed E-state index contributed by atoms with van der Waals surface area (Å²) < 4.78 is 99.1. The molecular weight excluding hydrogens is 538 g/mol. The molecule has 0 aliphatic rings. The molecule has 2 aromatic carbocycles. The van der Waals surface area contributed by atoms with Gasteiger partial charge < -0.3 is 24.4 Å². The van der Waals surface area contributed by atoms with Crippen molar-refractivity contribution in [2.24, 2.45) is 0 Å². The van der Waals surface area contributed by atoms with Crippen molar-refractivity contribution in [2.45, 2.75) is 24.2 Å². The minimum absolute atomic E-state index is 0.196. The SMILES string of the molecule is [2H]C([2H])([2H])Oc1ccccc1Oc1c(NS(=O)(=O)c2ccc(C(C)(C)CO)cc2)nc(-c2ncccn2)nc1OC([2H])([2H])C([2H])([2H])O. The second-order valence-electron chi connectivity index (χ2n) is 8.74. The lowest BCUT2D eigenvalue weighted by atomic mass is 9.86. The number of aliphatic hydroxyl groups excluding tert-OH is 1. The highest BCUT2D eigenvalue weighted by molar-refractivity contribution is 7.92. The summed E-state index contributed by atoms with van der Waals surface area (Å²) in [6.45, 7) is -3.83. The van der Waals surface area contributed by atoms with Crippen molar-refractivity contribution in [3.63, 3.8) is 0 Å². The molecule has 13 heteroatoms. The van der Waals surface area contributed by atoms with Gasteiger partial charge in [0.1, 0.15) is 6.56 Å². The number of para-hydroxylation sites is 2. The van der Waals surface area contributed by atoms with Gasteiger partial charge in [-0.3, -0.25) is 4.72 Å². The number of nitrogens with zero attached hydrogens (tertiary/aromatic N) is 4. The molecule has 0 saturated heterocycles. The summed E-state index contributed by atoms with van der Waals surface area (Å²) in [5.74, 6) is -3.75. The fourth-order valence-corrected chi connectivity index (χ4v) is 4.34. The van der Waals surface area contributed by atoms with Crippen molar-refractivity contribution in [2.75, 3.05) is 31.5 Å². The van der Waals surface area contributed by atoms with Crippen molar-refractivity contribution in [3.05, 3.63) is 72.6 Å². The zero-order valence-corrected chi connectivity index (χ0v) is 22.0. The summed E-state index contributed by atoms with van der Waals surface area (Å²) >= 11 is 0. The van der Waals surface area contributed by atoms with Crippen LogP contribution in [0.2, 0.25) is 0 Å². The number of ether oxygens (including phenoxy) is 3. The standard InChI is InChI=1S/C27H29N5O7S/c1-27(2,17-34)18-9-11-19(12-10-18)40(35,36)32-23-22(39-21-8-5-4-7-20(21)37-3)26(38-16-15-33)31-25(30-23)24-28-13-6-14-29-24/h4-14,33-34H,15-17H2,1-3H3,(H,30,31,32)/i3D3,15D2,16D2. The van der Waals surface area contributed by atoms with E-state index in [1.165, 1.54) is 67.0 Å². The van der Waals surface area contributed by atoms with Crippen LogP contribution in [0.4, 0.5) is 5.82 Å². The molecule has 3 N–H and O–H groups in total. The maximum absolute atomic E-state index is 13.7. The Labute approximate surface area is 241 Å². The summed E-state index contributed by atoms with van der Waals surface area (Å²) in [6.07, 6.45) is 2.62. The van der Waals surface area contributed by atoms with Gasteiger partial charge in [0.15, 0.2) is 23.1 Å². The van der Waals surface area contributed by atoms with Crippen molar-refractivity contribution in [3.8, 4) is 34.8 Å². The number of aromatic nitrogens is 4. The van der Waals surface area contributed by atoms with Crippen LogP contribution in [0, 0.1) is 0 Å². The van der Waals surface area contributed by atoms with Crippen LogP contribution in [0.25, 0.3) is 11.6 Å².